The van der Waals surface area contributed by atoms with Crippen LogP contribution in [0.3, 0.4) is 0 Å². The normalized spacial score (nSPS) is 14.3. The van der Waals surface area contributed by atoms with E-state index in [1.807, 2.05) is 0 Å². The minimum Gasteiger partial charge on any atom is -0.357 e. The zero-order valence-electron chi connectivity index (χ0n) is 14.7. The van der Waals surface area contributed by atoms with E-state index in [0.29, 0.717) is 12.8 Å². The summed E-state index contributed by atoms with van der Waals surface area (Å²) >= 11 is 0. The molecule has 0 fully saturated rings. The fraction of sp³-hybridized carbons (Fsp3) is 0.286. The van der Waals surface area contributed by atoms with Crippen molar-refractivity contribution in [3.05, 3.63) is 70.9 Å². The van der Waals surface area contributed by atoms with E-state index in [4.69, 9.17) is 5.21 Å². The first-order valence-electron chi connectivity index (χ1n) is 9.04. The van der Waals surface area contributed by atoms with E-state index in [0.717, 1.165) is 31.6 Å². The van der Waals surface area contributed by atoms with Gasteiger partial charge in [0.25, 0.3) is 0 Å². The molecule has 1 aromatic heterocycles. The first-order chi connectivity index (χ1) is 12.7. The Balaban J connectivity index is 1.40. The van der Waals surface area contributed by atoms with Gasteiger partial charge in [0.15, 0.2) is 0 Å². The summed E-state index contributed by atoms with van der Waals surface area (Å²) in [6.07, 6.45) is 2.01. The molecule has 1 aliphatic heterocycles. The zero-order chi connectivity index (χ0) is 17.9. The number of fused-ring (bicyclic) bond motifs is 3. The van der Waals surface area contributed by atoms with E-state index in [1.165, 1.54) is 27.7 Å². The van der Waals surface area contributed by atoms with Crippen LogP contribution >= 0.6 is 0 Å². The SMILES string of the molecule is O=C(CCc1ccc(CN2CCc3c([nH]c4ccccc34)C2)cc1)NO. The Hall–Kier alpha value is -2.63. The van der Waals surface area contributed by atoms with Gasteiger partial charge < -0.3 is 4.98 Å². The van der Waals surface area contributed by atoms with Crippen LogP contribution in [0.25, 0.3) is 10.9 Å². The highest BCUT2D eigenvalue weighted by Gasteiger charge is 2.20. The molecule has 2 heterocycles. The molecule has 0 bridgehead atoms. The number of rotatable bonds is 5. The molecule has 3 N–H and O–H groups in total. The summed E-state index contributed by atoms with van der Waals surface area (Å²) in [7, 11) is 0. The van der Waals surface area contributed by atoms with Gasteiger partial charge in [0.05, 0.1) is 0 Å². The van der Waals surface area contributed by atoms with Crippen LogP contribution in [0.5, 0.6) is 0 Å². The van der Waals surface area contributed by atoms with Crippen LogP contribution in [0.1, 0.15) is 28.8 Å². The molecule has 134 valence electrons. The third-order valence-electron chi connectivity index (χ3n) is 5.16. The standard InChI is InChI=1S/C21H23N3O2/c25-21(23-26)10-9-15-5-7-16(8-6-15)13-24-12-11-18-17-3-1-2-4-19(17)22-20(18)14-24/h1-8,22,26H,9-14H2,(H,23,25). The maximum absolute atomic E-state index is 11.1. The summed E-state index contributed by atoms with van der Waals surface area (Å²) in [4.78, 5) is 17.1. The number of carbonyl (C=O) groups excluding carboxylic acids is 1. The molecule has 0 atom stereocenters. The molecule has 0 spiro atoms. The number of aromatic amines is 1. The summed E-state index contributed by atoms with van der Waals surface area (Å²) < 4.78 is 0. The summed E-state index contributed by atoms with van der Waals surface area (Å²) in [5.41, 5.74) is 8.09. The lowest BCUT2D eigenvalue weighted by Gasteiger charge is -2.27. The molecule has 0 unspecified atom stereocenters. The molecular weight excluding hydrogens is 326 g/mol. The van der Waals surface area contributed by atoms with Gasteiger partial charge in [0, 0.05) is 42.7 Å². The van der Waals surface area contributed by atoms with Gasteiger partial charge in [-0.3, -0.25) is 14.9 Å². The highest BCUT2D eigenvalue weighted by Crippen LogP contribution is 2.28. The second kappa shape index (κ2) is 7.32. The average Bonchev–Trinajstić information content (AvgIpc) is 3.05. The zero-order valence-corrected chi connectivity index (χ0v) is 14.7. The molecule has 2 aromatic carbocycles. The monoisotopic (exact) mass is 349 g/mol. The molecule has 5 heteroatoms. The van der Waals surface area contributed by atoms with Gasteiger partial charge in [-0.2, -0.15) is 0 Å². The average molecular weight is 349 g/mol. The number of aromatic nitrogens is 1. The van der Waals surface area contributed by atoms with Crippen molar-refractivity contribution < 1.29 is 10.0 Å². The van der Waals surface area contributed by atoms with Gasteiger partial charge in [-0.15, -0.1) is 0 Å². The number of para-hydroxylation sites is 1. The molecular formula is C21H23N3O2. The minimum absolute atomic E-state index is 0.297. The van der Waals surface area contributed by atoms with Crippen molar-refractivity contribution >= 4 is 16.8 Å². The first-order valence-corrected chi connectivity index (χ1v) is 9.04. The van der Waals surface area contributed by atoms with Crippen LogP contribution in [0.2, 0.25) is 0 Å². The number of aryl methyl sites for hydroxylation is 1. The smallest absolute Gasteiger partial charge is 0.243 e. The number of nitrogens with zero attached hydrogens (tertiary/aromatic N) is 1. The molecule has 4 rings (SSSR count). The van der Waals surface area contributed by atoms with Crippen LogP contribution in [-0.4, -0.2) is 27.5 Å². The van der Waals surface area contributed by atoms with Crippen molar-refractivity contribution in [2.24, 2.45) is 0 Å². The lowest BCUT2D eigenvalue weighted by atomic mass is 10.0. The number of benzene rings is 2. The Morgan fingerprint density at radius 3 is 2.69 bits per heavy atom. The van der Waals surface area contributed by atoms with Crippen molar-refractivity contribution in [1.29, 1.82) is 0 Å². The van der Waals surface area contributed by atoms with Crippen molar-refractivity contribution in [3.8, 4) is 0 Å². The van der Waals surface area contributed by atoms with E-state index >= 15 is 0 Å². The molecule has 3 aromatic rings. The largest absolute Gasteiger partial charge is 0.357 e. The fourth-order valence-corrected chi connectivity index (χ4v) is 3.77. The molecule has 0 saturated carbocycles. The van der Waals surface area contributed by atoms with E-state index in [1.54, 1.807) is 5.48 Å². The summed E-state index contributed by atoms with van der Waals surface area (Å²) in [5, 5.41) is 9.91. The number of H-pyrrole nitrogens is 1. The summed E-state index contributed by atoms with van der Waals surface area (Å²) in [6.45, 7) is 2.93. The van der Waals surface area contributed by atoms with E-state index in [-0.39, 0.29) is 5.91 Å². The van der Waals surface area contributed by atoms with Crippen molar-refractivity contribution in [3.63, 3.8) is 0 Å². The maximum atomic E-state index is 11.1. The van der Waals surface area contributed by atoms with E-state index < -0.39 is 0 Å². The lowest BCUT2D eigenvalue weighted by molar-refractivity contribution is -0.129. The van der Waals surface area contributed by atoms with Crippen LogP contribution in [0.4, 0.5) is 0 Å². The summed E-state index contributed by atoms with van der Waals surface area (Å²) in [5.74, 6) is -0.350. The Morgan fingerprint density at radius 1 is 1.12 bits per heavy atom. The van der Waals surface area contributed by atoms with Gasteiger partial charge in [-0.25, -0.2) is 5.48 Å². The van der Waals surface area contributed by atoms with Gasteiger partial charge >= 0.3 is 0 Å². The van der Waals surface area contributed by atoms with Crippen molar-refractivity contribution in [1.82, 2.24) is 15.4 Å². The topological polar surface area (TPSA) is 68.4 Å². The number of hydrogen-bond donors (Lipinski definition) is 3. The van der Waals surface area contributed by atoms with Crippen molar-refractivity contribution in [2.45, 2.75) is 32.4 Å². The highest BCUT2D eigenvalue weighted by molar-refractivity contribution is 5.84. The highest BCUT2D eigenvalue weighted by atomic mass is 16.5. The minimum atomic E-state index is -0.350. The Kier molecular flexibility index (Phi) is 4.73. The number of hydroxylamine groups is 1. The Bertz CT molecular complexity index is 915. The predicted molar refractivity (Wildman–Crippen MR) is 101 cm³/mol. The molecule has 5 nitrogen and oxygen atoms in total. The first kappa shape index (κ1) is 16.8. The molecule has 0 saturated heterocycles. The molecule has 0 radical (unpaired) electrons. The maximum Gasteiger partial charge on any atom is 0.243 e. The third kappa shape index (κ3) is 3.49. The second-order valence-electron chi connectivity index (χ2n) is 6.94. The van der Waals surface area contributed by atoms with E-state index in [2.05, 4.69) is 58.4 Å². The fourth-order valence-electron chi connectivity index (χ4n) is 3.77. The van der Waals surface area contributed by atoms with Gasteiger partial charge in [0.2, 0.25) is 5.91 Å². The van der Waals surface area contributed by atoms with Gasteiger partial charge in [0.1, 0.15) is 0 Å². The Labute approximate surface area is 152 Å². The predicted octanol–water partition coefficient (Wildman–Crippen LogP) is 3.16. The molecule has 1 aliphatic rings. The molecule has 0 aliphatic carbocycles. The molecule has 1 amide bonds. The van der Waals surface area contributed by atoms with Crippen LogP contribution in [0.15, 0.2) is 48.5 Å². The number of amides is 1. The number of carbonyl (C=O) groups is 1. The van der Waals surface area contributed by atoms with Gasteiger partial charge in [-0.05, 0) is 35.6 Å². The lowest BCUT2D eigenvalue weighted by Crippen LogP contribution is -2.29. The van der Waals surface area contributed by atoms with Crippen LogP contribution in [0, 0.1) is 0 Å². The van der Waals surface area contributed by atoms with E-state index in [9.17, 15) is 4.79 Å². The number of nitrogens with one attached hydrogen (secondary N) is 2. The molecule has 26 heavy (non-hydrogen) atoms. The number of hydrogen-bond acceptors (Lipinski definition) is 3. The van der Waals surface area contributed by atoms with Crippen molar-refractivity contribution in [2.75, 3.05) is 6.54 Å². The Morgan fingerprint density at radius 2 is 1.88 bits per heavy atom. The van der Waals surface area contributed by atoms with Crippen LogP contribution < -0.4 is 5.48 Å². The second-order valence-corrected chi connectivity index (χ2v) is 6.94. The third-order valence-corrected chi connectivity index (χ3v) is 5.16. The van der Waals surface area contributed by atoms with Gasteiger partial charge in [-0.1, -0.05) is 42.5 Å². The summed E-state index contributed by atoms with van der Waals surface area (Å²) in [6, 6.07) is 16.9. The van der Waals surface area contributed by atoms with Crippen LogP contribution in [-0.2, 0) is 30.7 Å². The quantitative estimate of drug-likeness (QED) is 0.489.